The second-order valence-electron chi connectivity index (χ2n) is 4.94. The van der Waals surface area contributed by atoms with Crippen molar-refractivity contribution in [2.75, 3.05) is 6.54 Å². The fourth-order valence-corrected chi connectivity index (χ4v) is 1.87. The Morgan fingerprint density at radius 3 is 2.07 bits per heavy atom. The minimum atomic E-state index is 0.294. The topological polar surface area (TPSA) is 12.0 Å². The zero-order valence-corrected chi connectivity index (χ0v) is 10.9. The highest BCUT2D eigenvalue weighted by Crippen LogP contribution is 2.19. The lowest BCUT2D eigenvalue weighted by molar-refractivity contribution is 0.379. The molecular weight excluding hydrogens is 229 g/mol. The summed E-state index contributed by atoms with van der Waals surface area (Å²) in [6, 6.07) is 5.61. The van der Waals surface area contributed by atoms with Crippen molar-refractivity contribution in [2.45, 2.75) is 27.3 Å². The zero-order chi connectivity index (χ0) is 11.5. The predicted molar refractivity (Wildman–Crippen MR) is 67.6 cm³/mol. The van der Waals surface area contributed by atoms with Gasteiger partial charge in [0.1, 0.15) is 0 Å². The Bertz CT molecular complexity index is 309. The van der Waals surface area contributed by atoms with Gasteiger partial charge >= 0.3 is 0 Å². The first-order chi connectivity index (χ1) is 6.87. The normalized spacial score (nSPS) is 11.8. The molecule has 0 aliphatic rings. The van der Waals surface area contributed by atoms with Gasteiger partial charge in [0.15, 0.2) is 0 Å². The van der Waals surface area contributed by atoms with Crippen molar-refractivity contribution in [2.24, 2.45) is 5.41 Å². The lowest BCUT2D eigenvalue weighted by Gasteiger charge is -2.18. The molecule has 0 aliphatic heterocycles. The van der Waals surface area contributed by atoms with Crippen molar-refractivity contribution < 1.29 is 0 Å². The summed E-state index contributed by atoms with van der Waals surface area (Å²) < 4.78 is 0. The van der Waals surface area contributed by atoms with Gasteiger partial charge in [-0.15, -0.1) is 0 Å². The number of nitrogens with one attached hydrogen (secondary N) is 1. The summed E-state index contributed by atoms with van der Waals surface area (Å²) in [7, 11) is 0. The Hall–Kier alpha value is -0.240. The van der Waals surface area contributed by atoms with Crippen LogP contribution in [0.5, 0.6) is 0 Å². The molecule has 0 saturated heterocycles. The summed E-state index contributed by atoms with van der Waals surface area (Å²) in [6.07, 6.45) is 0. The summed E-state index contributed by atoms with van der Waals surface area (Å²) in [5, 5.41) is 4.76. The van der Waals surface area contributed by atoms with Gasteiger partial charge in [-0.25, -0.2) is 0 Å². The minimum Gasteiger partial charge on any atom is -0.312 e. The van der Waals surface area contributed by atoms with Crippen molar-refractivity contribution in [1.29, 1.82) is 0 Å². The molecule has 1 rings (SSSR count). The lowest BCUT2D eigenvalue weighted by atomic mass is 9.97. The van der Waals surface area contributed by atoms with Gasteiger partial charge in [0.05, 0.1) is 0 Å². The van der Waals surface area contributed by atoms with Crippen LogP contribution in [0.3, 0.4) is 0 Å². The van der Waals surface area contributed by atoms with E-state index in [0.717, 1.165) is 18.7 Å². The van der Waals surface area contributed by atoms with E-state index in [1.54, 1.807) is 6.07 Å². The molecule has 1 aromatic rings. The second kappa shape index (κ2) is 5.20. The number of benzene rings is 1. The van der Waals surface area contributed by atoms with E-state index in [2.05, 4.69) is 26.1 Å². The largest absolute Gasteiger partial charge is 0.312 e. The molecule has 0 aliphatic carbocycles. The molecule has 0 amide bonds. The van der Waals surface area contributed by atoms with E-state index in [1.807, 2.05) is 12.1 Å². The summed E-state index contributed by atoms with van der Waals surface area (Å²) >= 11 is 11.8. The standard InChI is InChI=1S/C12H17Cl2N/c1-12(2,3)8-15-7-9-4-10(13)6-11(14)5-9/h4-6,15H,7-8H2,1-3H3. The van der Waals surface area contributed by atoms with Gasteiger partial charge in [-0.2, -0.15) is 0 Å². The van der Waals surface area contributed by atoms with Gasteiger partial charge < -0.3 is 5.32 Å². The first-order valence-electron chi connectivity index (χ1n) is 5.02. The summed E-state index contributed by atoms with van der Waals surface area (Å²) in [4.78, 5) is 0. The van der Waals surface area contributed by atoms with Gasteiger partial charge in [0, 0.05) is 23.1 Å². The quantitative estimate of drug-likeness (QED) is 0.845. The monoisotopic (exact) mass is 245 g/mol. The smallest absolute Gasteiger partial charge is 0.0424 e. The van der Waals surface area contributed by atoms with E-state index in [4.69, 9.17) is 23.2 Å². The SMILES string of the molecule is CC(C)(C)CNCc1cc(Cl)cc(Cl)c1. The van der Waals surface area contributed by atoms with Gasteiger partial charge in [-0.05, 0) is 29.2 Å². The molecule has 0 bridgehead atoms. The number of rotatable bonds is 3. The van der Waals surface area contributed by atoms with Crippen molar-refractivity contribution >= 4 is 23.2 Å². The molecule has 84 valence electrons. The molecule has 0 fully saturated rings. The maximum Gasteiger partial charge on any atom is 0.0424 e. The van der Waals surface area contributed by atoms with E-state index in [1.165, 1.54) is 0 Å². The number of hydrogen-bond acceptors (Lipinski definition) is 1. The second-order valence-corrected chi connectivity index (χ2v) is 5.81. The first-order valence-corrected chi connectivity index (χ1v) is 5.78. The number of halogens is 2. The molecule has 1 nitrogen and oxygen atoms in total. The van der Waals surface area contributed by atoms with Crippen LogP contribution in [0.1, 0.15) is 26.3 Å². The van der Waals surface area contributed by atoms with Gasteiger partial charge in [-0.1, -0.05) is 44.0 Å². The van der Waals surface area contributed by atoms with Crippen molar-refractivity contribution in [3.8, 4) is 0 Å². The van der Waals surface area contributed by atoms with Crippen LogP contribution in [0.2, 0.25) is 10.0 Å². The van der Waals surface area contributed by atoms with E-state index in [9.17, 15) is 0 Å². The summed E-state index contributed by atoms with van der Waals surface area (Å²) in [5.41, 5.74) is 1.42. The van der Waals surface area contributed by atoms with Crippen LogP contribution in [0.15, 0.2) is 18.2 Å². The molecule has 0 atom stereocenters. The first kappa shape index (κ1) is 12.8. The zero-order valence-electron chi connectivity index (χ0n) is 9.40. The van der Waals surface area contributed by atoms with Crippen LogP contribution >= 0.6 is 23.2 Å². The highest BCUT2D eigenvalue weighted by Gasteiger charge is 2.08. The molecule has 0 radical (unpaired) electrons. The average molecular weight is 246 g/mol. The van der Waals surface area contributed by atoms with Crippen molar-refractivity contribution in [3.05, 3.63) is 33.8 Å². The Balaban J connectivity index is 2.51. The molecule has 0 unspecified atom stereocenters. The van der Waals surface area contributed by atoms with Crippen LogP contribution in [0.25, 0.3) is 0 Å². The summed E-state index contributed by atoms with van der Waals surface area (Å²) in [5.74, 6) is 0. The van der Waals surface area contributed by atoms with E-state index in [-0.39, 0.29) is 0 Å². The molecule has 1 aromatic carbocycles. The van der Waals surface area contributed by atoms with Crippen LogP contribution in [-0.4, -0.2) is 6.54 Å². The van der Waals surface area contributed by atoms with Gasteiger partial charge in [0.25, 0.3) is 0 Å². The molecule has 0 aromatic heterocycles. The molecule has 0 saturated carbocycles. The van der Waals surface area contributed by atoms with Crippen molar-refractivity contribution in [3.63, 3.8) is 0 Å². The Morgan fingerprint density at radius 2 is 1.60 bits per heavy atom. The predicted octanol–water partition coefficient (Wildman–Crippen LogP) is 4.13. The third-order valence-electron chi connectivity index (χ3n) is 1.91. The van der Waals surface area contributed by atoms with Crippen LogP contribution in [0, 0.1) is 5.41 Å². The fraction of sp³-hybridized carbons (Fsp3) is 0.500. The van der Waals surface area contributed by atoms with Gasteiger partial charge in [-0.3, -0.25) is 0 Å². The highest BCUT2D eigenvalue weighted by atomic mass is 35.5. The molecule has 0 spiro atoms. The van der Waals surface area contributed by atoms with E-state index in [0.29, 0.717) is 15.5 Å². The Morgan fingerprint density at radius 1 is 1.07 bits per heavy atom. The molecule has 15 heavy (non-hydrogen) atoms. The molecule has 3 heteroatoms. The third kappa shape index (κ3) is 5.41. The number of hydrogen-bond donors (Lipinski definition) is 1. The maximum absolute atomic E-state index is 5.91. The van der Waals surface area contributed by atoms with Crippen LogP contribution in [0.4, 0.5) is 0 Å². The Labute approximate surface area is 102 Å². The molecule has 1 N–H and O–H groups in total. The maximum atomic E-state index is 5.91. The fourth-order valence-electron chi connectivity index (χ4n) is 1.29. The molecule has 0 heterocycles. The van der Waals surface area contributed by atoms with Crippen molar-refractivity contribution in [1.82, 2.24) is 5.32 Å². The van der Waals surface area contributed by atoms with E-state index >= 15 is 0 Å². The lowest BCUT2D eigenvalue weighted by Crippen LogP contribution is -2.26. The Kier molecular flexibility index (Phi) is 4.45. The minimum absolute atomic E-state index is 0.294. The summed E-state index contributed by atoms with van der Waals surface area (Å²) in [6.45, 7) is 8.37. The van der Waals surface area contributed by atoms with Crippen LogP contribution < -0.4 is 5.32 Å². The molecular formula is C12H17Cl2N. The average Bonchev–Trinajstić information content (AvgIpc) is 1.99. The van der Waals surface area contributed by atoms with Gasteiger partial charge in [0.2, 0.25) is 0 Å². The van der Waals surface area contributed by atoms with Crippen LogP contribution in [-0.2, 0) is 6.54 Å². The van der Waals surface area contributed by atoms with E-state index < -0.39 is 0 Å². The third-order valence-corrected chi connectivity index (χ3v) is 2.34. The highest BCUT2D eigenvalue weighted by molar-refractivity contribution is 6.34.